The molecule has 0 aliphatic carbocycles. The van der Waals surface area contributed by atoms with Gasteiger partial charge >= 0.3 is 12.1 Å². The molecule has 0 spiro atoms. The topological polar surface area (TPSA) is 59.4 Å². The van der Waals surface area contributed by atoms with E-state index in [1.165, 1.54) is 13.2 Å². The Hall–Kier alpha value is -2.31. The molecule has 0 aliphatic heterocycles. The van der Waals surface area contributed by atoms with Gasteiger partial charge in [-0.2, -0.15) is 13.2 Å². The number of pyridine rings is 1. The van der Waals surface area contributed by atoms with E-state index in [9.17, 15) is 18.0 Å². The first-order chi connectivity index (χ1) is 8.84. The number of alkyl halides is 3. The molecule has 100 valence electrons. The summed E-state index contributed by atoms with van der Waals surface area (Å²) in [4.78, 5) is 14.8. The van der Waals surface area contributed by atoms with Gasteiger partial charge in [0.1, 0.15) is 11.3 Å². The third-order valence-electron chi connectivity index (χ3n) is 2.60. The summed E-state index contributed by atoms with van der Waals surface area (Å²) in [5.74, 6) is -1.40. The second-order valence-electron chi connectivity index (χ2n) is 3.73. The number of hydrogen-bond donors (Lipinski definition) is 1. The highest BCUT2D eigenvalue weighted by Crippen LogP contribution is 2.36. The van der Waals surface area contributed by atoms with Gasteiger partial charge in [-0.05, 0) is 12.1 Å². The summed E-state index contributed by atoms with van der Waals surface area (Å²) >= 11 is 0. The molecule has 2 rings (SSSR count). The molecular weight excluding hydrogens is 263 g/mol. The molecule has 1 heterocycles. The maximum absolute atomic E-state index is 12.8. The number of benzene rings is 1. The number of aromatic carboxylic acids is 1. The van der Waals surface area contributed by atoms with Gasteiger partial charge in [-0.15, -0.1) is 0 Å². The average Bonchev–Trinajstić information content (AvgIpc) is 2.35. The summed E-state index contributed by atoms with van der Waals surface area (Å²) in [5, 5.41) is 8.70. The van der Waals surface area contributed by atoms with Crippen molar-refractivity contribution >= 4 is 16.9 Å². The van der Waals surface area contributed by atoms with E-state index in [1.807, 2.05) is 0 Å². The standard InChI is InChI=1S/C12H8F3NO3/c1-19-10-5-9-6(4-7(10)11(17)18)8(2-3-16-9)12(13,14)15/h2-5H,1H3,(H,17,18). The van der Waals surface area contributed by atoms with E-state index in [0.717, 1.165) is 18.3 Å². The maximum atomic E-state index is 12.8. The van der Waals surface area contributed by atoms with Crippen LogP contribution in [0.5, 0.6) is 5.75 Å². The Morgan fingerprint density at radius 3 is 2.58 bits per heavy atom. The van der Waals surface area contributed by atoms with Gasteiger partial charge in [-0.3, -0.25) is 4.98 Å². The highest BCUT2D eigenvalue weighted by Gasteiger charge is 2.33. The highest BCUT2D eigenvalue weighted by atomic mass is 19.4. The van der Waals surface area contributed by atoms with Crippen LogP contribution in [0.2, 0.25) is 0 Å². The zero-order valence-electron chi connectivity index (χ0n) is 9.65. The Kier molecular flexibility index (Phi) is 3.05. The maximum Gasteiger partial charge on any atom is 0.417 e. The van der Waals surface area contributed by atoms with Crippen molar-refractivity contribution in [1.82, 2.24) is 4.98 Å². The van der Waals surface area contributed by atoms with Gasteiger partial charge < -0.3 is 9.84 Å². The van der Waals surface area contributed by atoms with Crippen molar-refractivity contribution in [2.75, 3.05) is 7.11 Å². The van der Waals surface area contributed by atoms with Crippen LogP contribution in [0.15, 0.2) is 24.4 Å². The van der Waals surface area contributed by atoms with Gasteiger partial charge in [-0.1, -0.05) is 0 Å². The third kappa shape index (κ3) is 2.31. The molecule has 0 saturated heterocycles. The van der Waals surface area contributed by atoms with E-state index in [0.29, 0.717) is 0 Å². The zero-order valence-corrected chi connectivity index (χ0v) is 9.65. The number of ether oxygens (including phenoxy) is 1. The average molecular weight is 271 g/mol. The first-order valence-electron chi connectivity index (χ1n) is 5.12. The summed E-state index contributed by atoms with van der Waals surface area (Å²) in [5.41, 5.74) is -1.24. The lowest BCUT2D eigenvalue weighted by atomic mass is 10.0. The van der Waals surface area contributed by atoms with E-state index >= 15 is 0 Å². The van der Waals surface area contributed by atoms with Gasteiger partial charge in [0.25, 0.3) is 0 Å². The van der Waals surface area contributed by atoms with E-state index in [2.05, 4.69) is 4.98 Å². The molecule has 19 heavy (non-hydrogen) atoms. The predicted octanol–water partition coefficient (Wildman–Crippen LogP) is 2.96. The number of fused-ring (bicyclic) bond motifs is 1. The molecule has 0 saturated carbocycles. The highest BCUT2D eigenvalue weighted by molar-refractivity contribution is 5.97. The van der Waals surface area contributed by atoms with Gasteiger partial charge in [0.05, 0.1) is 18.2 Å². The molecule has 7 heteroatoms. The zero-order chi connectivity index (χ0) is 14.2. The number of carbonyl (C=O) groups is 1. The van der Waals surface area contributed by atoms with E-state index in [1.54, 1.807) is 0 Å². The summed E-state index contributed by atoms with van der Waals surface area (Å²) in [6.45, 7) is 0. The van der Waals surface area contributed by atoms with Crippen LogP contribution in [0.3, 0.4) is 0 Å². The van der Waals surface area contributed by atoms with Crippen LogP contribution >= 0.6 is 0 Å². The number of aromatic nitrogens is 1. The Morgan fingerprint density at radius 1 is 1.37 bits per heavy atom. The molecule has 1 N–H and O–H groups in total. The van der Waals surface area contributed by atoms with Crippen LogP contribution in [-0.4, -0.2) is 23.2 Å². The van der Waals surface area contributed by atoms with Crippen LogP contribution in [0, 0.1) is 0 Å². The molecule has 2 aromatic rings. The molecule has 0 bridgehead atoms. The third-order valence-corrected chi connectivity index (χ3v) is 2.60. The summed E-state index contributed by atoms with van der Waals surface area (Å²) < 4.78 is 43.3. The number of carboxylic acids is 1. The minimum Gasteiger partial charge on any atom is -0.496 e. The molecule has 0 aliphatic rings. The van der Waals surface area contributed by atoms with Gasteiger partial charge in [0, 0.05) is 17.6 Å². The van der Waals surface area contributed by atoms with Crippen molar-refractivity contribution in [1.29, 1.82) is 0 Å². The minimum atomic E-state index is -4.58. The van der Waals surface area contributed by atoms with Crippen LogP contribution < -0.4 is 4.74 Å². The number of methoxy groups -OCH3 is 1. The fourth-order valence-corrected chi connectivity index (χ4v) is 1.76. The van der Waals surface area contributed by atoms with Crippen LogP contribution in [0.4, 0.5) is 13.2 Å². The number of hydrogen-bond acceptors (Lipinski definition) is 3. The van der Waals surface area contributed by atoms with Gasteiger partial charge in [0.2, 0.25) is 0 Å². The summed E-state index contributed by atoms with van der Waals surface area (Å²) in [6, 6.07) is 2.90. The molecule has 1 aromatic heterocycles. The largest absolute Gasteiger partial charge is 0.496 e. The Bertz CT molecular complexity index is 652. The lowest BCUT2D eigenvalue weighted by Crippen LogP contribution is -2.08. The number of rotatable bonds is 2. The second-order valence-corrected chi connectivity index (χ2v) is 3.73. The number of carboxylic acid groups (broad SMARTS) is 1. The van der Waals surface area contributed by atoms with Crippen molar-refractivity contribution < 1.29 is 27.8 Å². The van der Waals surface area contributed by atoms with Gasteiger partial charge in [0.15, 0.2) is 0 Å². The Labute approximate surface area is 105 Å². The van der Waals surface area contributed by atoms with Crippen molar-refractivity contribution in [2.45, 2.75) is 6.18 Å². The van der Waals surface area contributed by atoms with E-state index < -0.39 is 17.7 Å². The molecule has 0 amide bonds. The SMILES string of the molecule is COc1cc2nccc(C(F)(F)F)c2cc1C(=O)O. The second kappa shape index (κ2) is 4.42. The number of halogens is 3. The molecule has 0 radical (unpaired) electrons. The predicted molar refractivity (Wildman–Crippen MR) is 60.3 cm³/mol. The molecule has 4 nitrogen and oxygen atoms in total. The van der Waals surface area contributed by atoms with E-state index in [-0.39, 0.29) is 22.2 Å². The monoisotopic (exact) mass is 271 g/mol. The normalized spacial score (nSPS) is 11.6. The molecule has 0 unspecified atom stereocenters. The van der Waals surface area contributed by atoms with Gasteiger partial charge in [-0.25, -0.2) is 4.79 Å². The molecule has 0 fully saturated rings. The van der Waals surface area contributed by atoms with Crippen molar-refractivity contribution in [2.24, 2.45) is 0 Å². The van der Waals surface area contributed by atoms with Crippen molar-refractivity contribution in [3.8, 4) is 5.75 Å². The first kappa shape index (κ1) is 13.1. The lowest BCUT2D eigenvalue weighted by Gasteiger charge is -2.12. The number of nitrogens with zero attached hydrogens (tertiary/aromatic N) is 1. The molecular formula is C12H8F3NO3. The summed E-state index contributed by atoms with van der Waals surface area (Å²) in [6.07, 6.45) is -3.56. The van der Waals surface area contributed by atoms with Crippen LogP contribution in [0.1, 0.15) is 15.9 Å². The van der Waals surface area contributed by atoms with Crippen LogP contribution in [0.25, 0.3) is 10.9 Å². The van der Waals surface area contributed by atoms with Crippen LogP contribution in [-0.2, 0) is 6.18 Å². The smallest absolute Gasteiger partial charge is 0.417 e. The summed E-state index contributed by atoms with van der Waals surface area (Å²) in [7, 11) is 1.24. The quantitative estimate of drug-likeness (QED) is 0.912. The van der Waals surface area contributed by atoms with E-state index in [4.69, 9.17) is 9.84 Å². The molecule has 1 aromatic carbocycles. The molecule has 0 atom stereocenters. The minimum absolute atomic E-state index is 0.0247. The Morgan fingerprint density at radius 2 is 2.05 bits per heavy atom. The fraction of sp³-hybridized carbons (Fsp3) is 0.167. The van der Waals surface area contributed by atoms with Crippen molar-refractivity contribution in [3.63, 3.8) is 0 Å². The lowest BCUT2D eigenvalue weighted by molar-refractivity contribution is -0.136. The fourth-order valence-electron chi connectivity index (χ4n) is 1.76. The Balaban J connectivity index is 2.83. The first-order valence-corrected chi connectivity index (χ1v) is 5.12. The van der Waals surface area contributed by atoms with Crippen molar-refractivity contribution in [3.05, 3.63) is 35.5 Å².